The Morgan fingerprint density at radius 1 is 1.08 bits per heavy atom. The minimum Gasteiger partial charge on any atom is -0.493 e. The second kappa shape index (κ2) is 10.7. The molecule has 5 rings (SSSR count). The molecule has 7 heteroatoms. The van der Waals surface area contributed by atoms with Gasteiger partial charge in [-0.25, -0.2) is 0 Å². The largest absolute Gasteiger partial charge is 0.493 e. The Labute approximate surface area is 213 Å². The number of amides is 1. The first-order chi connectivity index (χ1) is 17.6. The zero-order valence-electron chi connectivity index (χ0n) is 21.2. The molecule has 0 bridgehead atoms. The summed E-state index contributed by atoms with van der Waals surface area (Å²) in [6, 6.07) is 12.1. The highest BCUT2D eigenvalue weighted by Crippen LogP contribution is 2.46. The lowest BCUT2D eigenvalue weighted by molar-refractivity contribution is -0.120. The zero-order valence-corrected chi connectivity index (χ0v) is 21.2. The number of carbonyl (C=O) groups is 1. The van der Waals surface area contributed by atoms with Gasteiger partial charge in [-0.3, -0.25) is 9.79 Å². The number of fused-ring (bicyclic) bond motifs is 1. The van der Waals surface area contributed by atoms with Gasteiger partial charge in [0.15, 0.2) is 11.5 Å². The standard InChI is InChI=1S/C29H36N4O3/c1-19-7-10-24-25(33(19)29(34)20-8-9-20)12-11-23(21(17-30)18-32-22-13-15-31-16-14-22)28(24)36-27-6-4-3-5-26(27)35-2/h3-6,11-12,17-20,22,31H,7-10,13-16,30H2,1-2H3. The maximum absolute atomic E-state index is 13.3. The molecule has 1 aliphatic carbocycles. The summed E-state index contributed by atoms with van der Waals surface area (Å²) in [5.41, 5.74) is 9.79. The number of methoxy groups -OCH3 is 1. The highest BCUT2D eigenvalue weighted by atomic mass is 16.5. The molecule has 190 valence electrons. The summed E-state index contributed by atoms with van der Waals surface area (Å²) in [6.45, 7) is 4.09. The summed E-state index contributed by atoms with van der Waals surface area (Å²) in [6.07, 6.45) is 9.15. The number of carbonyl (C=O) groups excluding carboxylic acids is 1. The number of hydrogen-bond acceptors (Lipinski definition) is 6. The number of nitrogens with one attached hydrogen (secondary N) is 1. The molecule has 2 aromatic carbocycles. The number of aliphatic imine (C=N–C) groups is 1. The molecule has 0 spiro atoms. The van der Waals surface area contributed by atoms with Gasteiger partial charge in [0.2, 0.25) is 5.91 Å². The van der Waals surface area contributed by atoms with Crippen LogP contribution in [0.1, 0.15) is 50.2 Å². The number of para-hydroxylation sites is 2. The van der Waals surface area contributed by atoms with Gasteiger partial charge in [0, 0.05) is 41.1 Å². The molecule has 2 aliphatic heterocycles. The van der Waals surface area contributed by atoms with Gasteiger partial charge in [-0.05, 0) is 82.8 Å². The number of allylic oxidation sites excluding steroid dienone is 1. The summed E-state index contributed by atoms with van der Waals surface area (Å²) in [7, 11) is 1.64. The molecule has 3 aliphatic rings. The highest BCUT2D eigenvalue weighted by molar-refractivity contribution is 6.11. The van der Waals surface area contributed by atoms with E-state index in [0.717, 1.165) is 74.0 Å². The lowest BCUT2D eigenvalue weighted by Crippen LogP contribution is -2.43. The average molecular weight is 489 g/mol. The number of benzene rings is 2. The molecule has 0 aromatic heterocycles. The molecule has 1 unspecified atom stereocenters. The van der Waals surface area contributed by atoms with E-state index in [0.29, 0.717) is 17.2 Å². The van der Waals surface area contributed by atoms with E-state index in [1.165, 1.54) is 0 Å². The summed E-state index contributed by atoms with van der Waals surface area (Å²) < 4.78 is 12.2. The Balaban J connectivity index is 1.58. The first kappa shape index (κ1) is 24.4. The van der Waals surface area contributed by atoms with Crippen molar-refractivity contribution in [2.75, 3.05) is 25.1 Å². The normalized spacial score (nSPS) is 20.9. The van der Waals surface area contributed by atoms with Crippen LogP contribution in [0.15, 0.2) is 47.6 Å². The lowest BCUT2D eigenvalue weighted by Gasteiger charge is -2.37. The molecular weight excluding hydrogens is 452 g/mol. The van der Waals surface area contributed by atoms with Crippen LogP contribution in [0.3, 0.4) is 0 Å². The van der Waals surface area contributed by atoms with Crippen molar-refractivity contribution in [1.29, 1.82) is 0 Å². The maximum Gasteiger partial charge on any atom is 0.230 e. The molecule has 3 N–H and O–H groups in total. The maximum atomic E-state index is 13.3. The molecule has 2 fully saturated rings. The molecule has 2 aromatic rings. The fourth-order valence-electron chi connectivity index (χ4n) is 5.17. The van der Waals surface area contributed by atoms with Crippen LogP contribution in [-0.4, -0.2) is 44.4 Å². The minimum atomic E-state index is 0.147. The van der Waals surface area contributed by atoms with E-state index in [2.05, 4.69) is 18.3 Å². The third kappa shape index (κ3) is 4.98. The van der Waals surface area contributed by atoms with Crippen LogP contribution in [0.4, 0.5) is 5.69 Å². The predicted octanol–water partition coefficient (Wildman–Crippen LogP) is 4.69. The topological polar surface area (TPSA) is 89.2 Å². The third-order valence-corrected chi connectivity index (χ3v) is 7.42. The van der Waals surface area contributed by atoms with Gasteiger partial charge < -0.3 is 25.4 Å². The number of rotatable bonds is 7. The smallest absolute Gasteiger partial charge is 0.230 e. The van der Waals surface area contributed by atoms with Crippen LogP contribution in [0.2, 0.25) is 0 Å². The van der Waals surface area contributed by atoms with Crippen molar-refractivity contribution < 1.29 is 14.3 Å². The number of anilines is 1. The SMILES string of the molecule is COc1ccccc1Oc1c(C(C=NC2CCNCC2)=CN)ccc2c1CCC(C)N2C(=O)C1CC1. The van der Waals surface area contributed by atoms with Crippen molar-refractivity contribution in [3.63, 3.8) is 0 Å². The first-order valence-electron chi connectivity index (χ1n) is 13.1. The fourth-order valence-corrected chi connectivity index (χ4v) is 5.17. The van der Waals surface area contributed by atoms with Crippen LogP contribution >= 0.6 is 0 Å². The lowest BCUT2D eigenvalue weighted by atomic mass is 9.91. The van der Waals surface area contributed by atoms with Gasteiger partial charge in [0.05, 0.1) is 18.8 Å². The predicted molar refractivity (Wildman–Crippen MR) is 144 cm³/mol. The Kier molecular flexibility index (Phi) is 7.28. The van der Waals surface area contributed by atoms with Crippen molar-refractivity contribution >= 4 is 23.4 Å². The summed E-state index contributed by atoms with van der Waals surface area (Å²) in [4.78, 5) is 20.1. The van der Waals surface area contributed by atoms with Gasteiger partial charge in [-0.1, -0.05) is 12.1 Å². The van der Waals surface area contributed by atoms with E-state index in [9.17, 15) is 4.79 Å². The zero-order chi connectivity index (χ0) is 25.1. The number of nitrogens with zero attached hydrogens (tertiary/aromatic N) is 2. The number of piperidine rings is 1. The third-order valence-electron chi connectivity index (χ3n) is 7.42. The van der Waals surface area contributed by atoms with E-state index < -0.39 is 0 Å². The fraction of sp³-hybridized carbons (Fsp3) is 0.448. The van der Waals surface area contributed by atoms with Crippen molar-refractivity contribution in [3.8, 4) is 17.2 Å². The van der Waals surface area contributed by atoms with Gasteiger partial charge in [0.1, 0.15) is 5.75 Å². The summed E-state index contributed by atoms with van der Waals surface area (Å²) in [5, 5.41) is 3.38. The highest BCUT2D eigenvalue weighted by Gasteiger charge is 2.39. The first-order valence-corrected chi connectivity index (χ1v) is 13.1. The van der Waals surface area contributed by atoms with Crippen molar-refractivity contribution in [1.82, 2.24) is 5.32 Å². The average Bonchev–Trinajstić information content (AvgIpc) is 3.76. The van der Waals surface area contributed by atoms with E-state index in [-0.39, 0.29) is 23.9 Å². The van der Waals surface area contributed by atoms with Crippen molar-refractivity contribution in [3.05, 3.63) is 53.7 Å². The van der Waals surface area contributed by atoms with Gasteiger partial charge >= 0.3 is 0 Å². The minimum absolute atomic E-state index is 0.147. The van der Waals surface area contributed by atoms with E-state index in [1.807, 2.05) is 41.4 Å². The van der Waals surface area contributed by atoms with Crippen LogP contribution < -0.4 is 25.4 Å². The molecule has 1 atom stereocenters. The van der Waals surface area contributed by atoms with E-state index in [1.54, 1.807) is 13.3 Å². The number of nitrogens with two attached hydrogens (primary N) is 1. The molecule has 1 amide bonds. The molecule has 1 saturated carbocycles. The summed E-state index contributed by atoms with van der Waals surface area (Å²) in [5.74, 6) is 2.36. The molecule has 0 radical (unpaired) electrons. The van der Waals surface area contributed by atoms with Crippen LogP contribution in [-0.2, 0) is 11.2 Å². The quantitative estimate of drug-likeness (QED) is 0.552. The molecule has 1 saturated heterocycles. The Hall–Kier alpha value is -3.32. The molecule has 2 heterocycles. The monoisotopic (exact) mass is 488 g/mol. The Morgan fingerprint density at radius 2 is 1.83 bits per heavy atom. The molecule has 7 nitrogen and oxygen atoms in total. The van der Waals surface area contributed by atoms with E-state index >= 15 is 0 Å². The van der Waals surface area contributed by atoms with Crippen LogP contribution in [0.25, 0.3) is 5.57 Å². The number of hydrogen-bond donors (Lipinski definition) is 2. The van der Waals surface area contributed by atoms with Crippen LogP contribution in [0, 0.1) is 5.92 Å². The van der Waals surface area contributed by atoms with Crippen molar-refractivity contribution in [2.45, 2.75) is 57.5 Å². The Morgan fingerprint density at radius 3 is 2.53 bits per heavy atom. The number of ether oxygens (including phenoxy) is 2. The Bertz CT molecular complexity index is 1170. The van der Waals surface area contributed by atoms with Gasteiger partial charge in [-0.15, -0.1) is 0 Å². The van der Waals surface area contributed by atoms with Crippen molar-refractivity contribution in [2.24, 2.45) is 16.6 Å². The molecule has 36 heavy (non-hydrogen) atoms. The second-order valence-electron chi connectivity index (χ2n) is 9.94. The second-order valence-corrected chi connectivity index (χ2v) is 9.94. The van der Waals surface area contributed by atoms with E-state index in [4.69, 9.17) is 20.2 Å². The van der Waals surface area contributed by atoms with Gasteiger partial charge in [-0.2, -0.15) is 0 Å². The molecular formula is C29H36N4O3. The van der Waals surface area contributed by atoms with Crippen LogP contribution in [0.5, 0.6) is 17.2 Å². The van der Waals surface area contributed by atoms with Gasteiger partial charge in [0.25, 0.3) is 0 Å². The summed E-state index contributed by atoms with van der Waals surface area (Å²) >= 11 is 0.